The first-order chi connectivity index (χ1) is 10.5. The molecule has 0 radical (unpaired) electrons. The Morgan fingerprint density at radius 1 is 1.04 bits per heavy atom. The van der Waals surface area contributed by atoms with Gasteiger partial charge in [0.05, 0.1) is 6.54 Å². The van der Waals surface area contributed by atoms with Gasteiger partial charge in [0.25, 0.3) is 0 Å². The van der Waals surface area contributed by atoms with E-state index in [2.05, 4.69) is 10.6 Å². The highest BCUT2D eigenvalue weighted by Crippen LogP contribution is 2.08. The fourth-order valence-electron chi connectivity index (χ4n) is 1.57. The average molecular weight is 330 g/mol. The van der Waals surface area contributed by atoms with Crippen molar-refractivity contribution in [2.75, 3.05) is 6.54 Å². The van der Waals surface area contributed by atoms with Crippen LogP contribution in [0, 0.1) is 0 Å². The van der Waals surface area contributed by atoms with E-state index in [0.29, 0.717) is 12.8 Å². The fourth-order valence-corrected chi connectivity index (χ4v) is 1.57. The van der Waals surface area contributed by atoms with Crippen molar-refractivity contribution in [1.82, 2.24) is 10.6 Å². The Kier molecular flexibility index (Phi) is 8.90. The minimum absolute atomic E-state index is 0.0150. The molecule has 0 saturated carbocycles. The van der Waals surface area contributed by atoms with Gasteiger partial charge in [0.1, 0.15) is 11.6 Å². The van der Waals surface area contributed by atoms with E-state index in [-0.39, 0.29) is 25.3 Å². The van der Waals surface area contributed by atoms with E-state index in [4.69, 9.17) is 9.84 Å². The Hall–Kier alpha value is -2.12. The molecule has 0 aliphatic heterocycles. The van der Waals surface area contributed by atoms with Gasteiger partial charge in [0.2, 0.25) is 11.8 Å². The van der Waals surface area contributed by atoms with Gasteiger partial charge in [-0.05, 0) is 40.5 Å². The van der Waals surface area contributed by atoms with Gasteiger partial charge in [0, 0.05) is 12.8 Å². The van der Waals surface area contributed by atoms with Crippen molar-refractivity contribution in [1.29, 1.82) is 0 Å². The van der Waals surface area contributed by atoms with Crippen LogP contribution in [0.5, 0.6) is 0 Å². The highest BCUT2D eigenvalue weighted by Gasteiger charge is 2.22. The number of carbonyl (C=O) groups is 4. The summed E-state index contributed by atoms with van der Waals surface area (Å²) in [6, 6.07) is -0.811. The van der Waals surface area contributed by atoms with Crippen molar-refractivity contribution in [3.8, 4) is 0 Å². The number of carboxylic acid groups (broad SMARTS) is 1. The van der Waals surface area contributed by atoms with E-state index in [0.717, 1.165) is 0 Å². The number of ether oxygens (including phenoxy) is 1. The zero-order valence-corrected chi connectivity index (χ0v) is 14.1. The number of hydrogen-bond acceptors (Lipinski definition) is 5. The number of esters is 1. The van der Waals surface area contributed by atoms with Crippen LogP contribution in [0.15, 0.2) is 0 Å². The minimum Gasteiger partial charge on any atom is -0.481 e. The Balaban J connectivity index is 3.95. The maximum Gasteiger partial charge on any atom is 0.328 e. The SMILES string of the molecule is CC(NC(=O)CNC(=O)CCCCC(=O)O)C(=O)OC(C)(C)C. The molecule has 0 aromatic heterocycles. The first-order valence-electron chi connectivity index (χ1n) is 7.52. The number of carboxylic acids is 1. The topological polar surface area (TPSA) is 122 Å². The van der Waals surface area contributed by atoms with Gasteiger partial charge in [-0.25, -0.2) is 4.79 Å². The lowest BCUT2D eigenvalue weighted by molar-refractivity contribution is -0.158. The van der Waals surface area contributed by atoms with Crippen molar-refractivity contribution in [2.45, 2.75) is 65.0 Å². The summed E-state index contributed by atoms with van der Waals surface area (Å²) < 4.78 is 5.12. The maximum atomic E-state index is 11.7. The van der Waals surface area contributed by atoms with E-state index in [9.17, 15) is 19.2 Å². The summed E-state index contributed by atoms with van der Waals surface area (Å²) >= 11 is 0. The maximum absolute atomic E-state index is 11.7. The molecule has 132 valence electrons. The molecule has 0 spiro atoms. The number of carbonyl (C=O) groups excluding carboxylic acids is 3. The third kappa shape index (κ3) is 12.1. The third-order valence-electron chi connectivity index (χ3n) is 2.63. The highest BCUT2D eigenvalue weighted by molar-refractivity contribution is 5.88. The number of aliphatic carboxylic acids is 1. The molecule has 0 aliphatic rings. The second kappa shape index (κ2) is 9.81. The number of unbranched alkanes of at least 4 members (excludes halogenated alkanes) is 1. The van der Waals surface area contributed by atoms with Crippen molar-refractivity contribution in [3.05, 3.63) is 0 Å². The predicted octanol–water partition coefficient (Wildman–Crippen LogP) is 0.594. The molecule has 0 aromatic carbocycles. The summed E-state index contributed by atoms with van der Waals surface area (Å²) in [5.41, 5.74) is -0.639. The first-order valence-corrected chi connectivity index (χ1v) is 7.52. The molecular weight excluding hydrogens is 304 g/mol. The van der Waals surface area contributed by atoms with Crippen molar-refractivity contribution in [3.63, 3.8) is 0 Å². The highest BCUT2D eigenvalue weighted by atomic mass is 16.6. The lowest BCUT2D eigenvalue weighted by atomic mass is 10.2. The molecule has 8 heteroatoms. The molecule has 2 amide bonds. The van der Waals surface area contributed by atoms with Crippen LogP contribution in [0.3, 0.4) is 0 Å². The largest absolute Gasteiger partial charge is 0.481 e. The Bertz CT molecular complexity index is 442. The molecule has 3 N–H and O–H groups in total. The molecule has 0 bridgehead atoms. The molecule has 0 heterocycles. The summed E-state index contributed by atoms with van der Waals surface area (Å²) in [5.74, 6) is -2.29. The second-order valence-electron chi connectivity index (χ2n) is 6.20. The fraction of sp³-hybridized carbons (Fsp3) is 0.733. The first kappa shape index (κ1) is 20.9. The number of amides is 2. The summed E-state index contributed by atoms with van der Waals surface area (Å²) in [7, 11) is 0. The molecule has 0 fully saturated rings. The minimum atomic E-state index is -0.902. The Morgan fingerprint density at radius 3 is 2.13 bits per heavy atom. The van der Waals surface area contributed by atoms with Gasteiger partial charge in [0.15, 0.2) is 0 Å². The molecule has 0 saturated heterocycles. The molecule has 1 unspecified atom stereocenters. The van der Waals surface area contributed by atoms with Crippen molar-refractivity contribution in [2.24, 2.45) is 0 Å². The van der Waals surface area contributed by atoms with Crippen LogP contribution in [0.1, 0.15) is 53.4 Å². The normalized spacial score (nSPS) is 12.2. The zero-order chi connectivity index (χ0) is 18.0. The van der Waals surface area contributed by atoms with Crippen LogP contribution in [-0.2, 0) is 23.9 Å². The van der Waals surface area contributed by atoms with Gasteiger partial charge in [-0.3, -0.25) is 14.4 Å². The molecule has 0 rings (SSSR count). The van der Waals surface area contributed by atoms with E-state index < -0.39 is 29.5 Å². The molecule has 8 nitrogen and oxygen atoms in total. The van der Waals surface area contributed by atoms with Gasteiger partial charge in [-0.1, -0.05) is 0 Å². The van der Waals surface area contributed by atoms with Gasteiger partial charge < -0.3 is 20.5 Å². The molecule has 1 atom stereocenters. The molecular formula is C15H26N2O6. The molecule has 0 aromatic rings. The van der Waals surface area contributed by atoms with Crippen LogP contribution in [0.4, 0.5) is 0 Å². The number of nitrogens with one attached hydrogen (secondary N) is 2. The monoisotopic (exact) mass is 330 g/mol. The molecule has 23 heavy (non-hydrogen) atoms. The van der Waals surface area contributed by atoms with Crippen molar-refractivity contribution < 1.29 is 29.0 Å². The summed E-state index contributed by atoms with van der Waals surface area (Å²) in [4.78, 5) is 45.1. The van der Waals surface area contributed by atoms with Crippen LogP contribution >= 0.6 is 0 Å². The lowest BCUT2D eigenvalue weighted by Crippen LogP contribution is -2.46. The van der Waals surface area contributed by atoms with E-state index in [1.165, 1.54) is 6.92 Å². The van der Waals surface area contributed by atoms with Gasteiger partial charge in [-0.15, -0.1) is 0 Å². The van der Waals surface area contributed by atoms with Gasteiger partial charge >= 0.3 is 11.9 Å². The van der Waals surface area contributed by atoms with Crippen LogP contribution in [-0.4, -0.2) is 47.0 Å². The van der Waals surface area contributed by atoms with Crippen LogP contribution < -0.4 is 10.6 Å². The molecule has 0 aliphatic carbocycles. The zero-order valence-electron chi connectivity index (χ0n) is 14.1. The van der Waals surface area contributed by atoms with Crippen LogP contribution in [0.25, 0.3) is 0 Å². The van der Waals surface area contributed by atoms with Crippen molar-refractivity contribution >= 4 is 23.8 Å². The number of hydrogen-bond donors (Lipinski definition) is 3. The van der Waals surface area contributed by atoms with Crippen LogP contribution in [0.2, 0.25) is 0 Å². The van der Waals surface area contributed by atoms with Gasteiger partial charge in [-0.2, -0.15) is 0 Å². The average Bonchev–Trinajstić information content (AvgIpc) is 2.39. The Labute approximate surface area is 136 Å². The number of rotatable bonds is 9. The third-order valence-corrected chi connectivity index (χ3v) is 2.63. The van der Waals surface area contributed by atoms with E-state index in [1.807, 2.05) is 0 Å². The standard InChI is InChI=1S/C15H26N2O6/c1-10(14(22)23-15(2,3)4)17-12(19)9-16-11(18)7-5-6-8-13(20)21/h10H,5-9H2,1-4H3,(H,16,18)(H,17,19)(H,20,21). The van der Waals surface area contributed by atoms with E-state index in [1.54, 1.807) is 20.8 Å². The second-order valence-corrected chi connectivity index (χ2v) is 6.20. The predicted molar refractivity (Wildman–Crippen MR) is 82.6 cm³/mol. The quantitative estimate of drug-likeness (QED) is 0.420. The summed E-state index contributed by atoms with van der Waals surface area (Å²) in [5, 5.41) is 13.3. The summed E-state index contributed by atoms with van der Waals surface area (Å²) in [6.07, 6.45) is 1.02. The van der Waals surface area contributed by atoms with E-state index >= 15 is 0 Å². The summed E-state index contributed by atoms with van der Waals surface area (Å²) in [6.45, 7) is 6.43. The lowest BCUT2D eigenvalue weighted by Gasteiger charge is -2.22. The Morgan fingerprint density at radius 2 is 1.61 bits per heavy atom. The smallest absolute Gasteiger partial charge is 0.328 e.